The molecule has 112 valence electrons. The molecular formula is C17H23N3O. The van der Waals surface area contributed by atoms with E-state index in [-0.39, 0.29) is 5.91 Å². The summed E-state index contributed by atoms with van der Waals surface area (Å²) in [6.45, 7) is 2.55. The van der Waals surface area contributed by atoms with Gasteiger partial charge in [-0.25, -0.2) is 4.98 Å². The van der Waals surface area contributed by atoms with Gasteiger partial charge in [-0.2, -0.15) is 0 Å². The summed E-state index contributed by atoms with van der Waals surface area (Å²) in [5.74, 6) is 6.23. The van der Waals surface area contributed by atoms with Crippen LogP contribution in [0.2, 0.25) is 0 Å². The maximum absolute atomic E-state index is 12.5. The van der Waals surface area contributed by atoms with Crippen molar-refractivity contribution in [1.82, 2.24) is 9.88 Å². The van der Waals surface area contributed by atoms with Gasteiger partial charge in [0.15, 0.2) is 0 Å². The molecule has 0 aromatic carbocycles. The number of hydrogen-bond acceptors (Lipinski definition) is 3. The maximum Gasteiger partial charge on any atom is 0.272 e. The van der Waals surface area contributed by atoms with Gasteiger partial charge in [-0.1, -0.05) is 31.6 Å². The first-order chi connectivity index (χ1) is 10.1. The molecular weight excluding hydrogens is 262 g/mol. The molecule has 21 heavy (non-hydrogen) atoms. The molecule has 2 atom stereocenters. The van der Waals surface area contributed by atoms with E-state index in [9.17, 15) is 4.79 Å². The van der Waals surface area contributed by atoms with Crippen molar-refractivity contribution >= 4 is 5.91 Å². The fraction of sp³-hybridized carbons (Fsp3) is 0.529. The van der Waals surface area contributed by atoms with E-state index in [0.717, 1.165) is 12.0 Å². The smallest absolute Gasteiger partial charge is 0.272 e. The van der Waals surface area contributed by atoms with Crippen LogP contribution in [0.5, 0.6) is 0 Å². The quantitative estimate of drug-likeness (QED) is 0.846. The summed E-state index contributed by atoms with van der Waals surface area (Å²) in [5, 5.41) is 0. The van der Waals surface area contributed by atoms with E-state index in [1.54, 1.807) is 12.3 Å². The lowest BCUT2D eigenvalue weighted by Gasteiger charge is -2.36. The lowest BCUT2D eigenvalue weighted by atomic mass is 9.85. The molecule has 1 aliphatic rings. The number of pyridine rings is 1. The van der Waals surface area contributed by atoms with Crippen molar-refractivity contribution in [3.05, 3.63) is 29.6 Å². The Balaban J connectivity index is 2.08. The Morgan fingerprint density at radius 2 is 2.19 bits per heavy atom. The number of carbonyl (C=O) groups excluding carboxylic acids is 1. The zero-order chi connectivity index (χ0) is 15.2. The van der Waals surface area contributed by atoms with Crippen LogP contribution in [-0.2, 0) is 0 Å². The summed E-state index contributed by atoms with van der Waals surface area (Å²) in [6.07, 6.45) is 6.39. The summed E-state index contributed by atoms with van der Waals surface area (Å²) in [7, 11) is 1.89. The van der Waals surface area contributed by atoms with Gasteiger partial charge in [0.1, 0.15) is 5.69 Å². The van der Waals surface area contributed by atoms with Gasteiger partial charge in [0.05, 0.1) is 6.54 Å². The van der Waals surface area contributed by atoms with Crippen molar-refractivity contribution in [3.63, 3.8) is 0 Å². The van der Waals surface area contributed by atoms with Crippen LogP contribution in [0.3, 0.4) is 0 Å². The second kappa shape index (κ2) is 7.24. The Labute approximate surface area is 126 Å². The van der Waals surface area contributed by atoms with Gasteiger partial charge in [-0.05, 0) is 30.9 Å². The minimum Gasteiger partial charge on any atom is -0.337 e. The molecule has 4 nitrogen and oxygen atoms in total. The average molecular weight is 285 g/mol. The van der Waals surface area contributed by atoms with Crippen molar-refractivity contribution < 1.29 is 4.79 Å². The van der Waals surface area contributed by atoms with E-state index >= 15 is 0 Å². The van der Waals surface area contributed by atoms with Gasteiger partial charge in [0.2, 0.25) is 0 Å². The van der Waals surface area contributed by atoms with Crippen LogP contribution >= 0.6 is 0 Å². The molecule has 1 aromatic heterocycles. The van der Waals surface area contributed by atoms with Crippen LogP contribution in [0, 0.1) is 17.8 Å². The molecule has 1 amide bonds. The van der Waals surface area contributed by atoms with E-state index < -0.39 is 0 Å². The molecule has 2 rings (SSSR count). The molecule has 0 bridgehead atoms. The van der Waals surface area contributed by atoms with Gasteiger partial charge < -0.3 is 10.6 Å². The highest BCUT2D eigenvalue weighted by atomic mass is 16.2. The van der Waals surface area contributed by atoms with Crippen molar-refractivity contribution in [2.75, 3.05) is 13.6 Å². The van der Waals surface area contributed by atoms with Gasteiger partial charge >= 0.3 is 0 Å². The highest BCUT2D eigenvalue weighted by molar-refractivity contribution is 5.92. The SMILES string of the molecule is CC1CCCCC1N(C)C(=O)c1ccc(C#CCN)cn1. The molecule has 2 N–H and O–H groups in total. The fourth-order valence-electron chi connectivity index (χ4n) is 2.95. The molecule has 1 heterocycles. The zero-order valence-electron chi connectivity index (χ0n) is 12.8. The lowest BCUT2D eigenvalue weighted by molar-refractivity contribution is 0.0623. The topological polar surface area (TPSA) is 59.2 Å². The summed E-state index contributed by atoms with van der Waals surface area (Å²) in [5.41, 5.74) is 6.60. The number of nitrogens with zero attached hydrogens (tertiary/aromatic N) is 2. The molecule has 1 saturated carbocycles. The number of hydrogen-bond donors (Lipinski definition) is 1. The first kappa shape index (κ1) is 15.5. The monoisotopic (exact) mass is 285 g/mol. The number of nitrogens with two attached hydrogens (primary N) is 1. The molecule has 2 unspecified atom stereocenters. The lowest BCUT2D eigenvalue weighted by Crippen LogP contribution is -2.42. The van der Waals surface area contributed by atoms with Crippen LogP contribution in [0.15, 0.2) is 18.3 Å². The molecule has 4 heteroatoms. The minimum absolute atomic E-state index is 0.00733. The normalized spacial score (nSPS) is 21.3. The Morgan fingerprint density at radius 3 is 2.81 bits per heavy atom. The van der Waals surface area contributed by atoms with Crippen molar-refractivity contribution in [3.8, 4) is 11.8 Å². The maximum atomic E-state index is 12.5. The fourth-order valence-corrected chi connectivity index (χ4v) is 2.95. The number of carbonyl (C=O) groups is 1. The number of amides is 1. The van der Waals surface area contributed by atoms with Crippen molar-refractivity contribution in [2.45, 2.75) is 38.6 Å². The van der Waals surface area contributed by atoms with E-state index in [2.05, 4.69) is 23.7 Å². The first-order valence-electron chi connectivity index (χ1n) is 7.55. The summed E-state index contributed by atoms with van der Waals surface area (Å²) < 4.78 is 0. The van der Waals surface area contributed by atoms with Crippen LogP contribution < -0.4 is 5.73 Å². The second-order valence-electron chi connectivity index (χ2n) is 5.68. The highest BCUT2D eigenvalue weighted by Crippen LogP contribution is 2.28. The highest BCUT2D eigenvalue weighted by Gasteiger charge is 2.28. The minimum atomic E-state index is -0.00733. The van der Waals surface area contributed by atoms with Crippen LogP contribution in [0.1, 0.15) is 48.7 Å². The predicted octanol–water partition coefficient (Wildman–Crippen LogP) is 2.04. The third kappa shape index (κ3) is 3.83. The van der Waals surface area contributed by atoms with Gasteiger partial charge in [-0.3, -0.25) is 4.79 Å². The molecule has 0 saturated heterocycles. The van der Waals surface area contributed by atoms with Crippen molar-refractivity contribution in [1.29, 1.82) is 0 Å². The Bertz CT molecular complexity index is 541. The Hall–Kier alpha value is -1.86. The van der Waals surface area contributed by atoms with E-state index in [1.807, 2.05) is 18.0 Å². The third-order valence-corrected chi connectivity index (χ3v) is 4.20. The summed E-state index contributed by atoms with van der Waals surface area (Å²) >= 11 is 0. The molecule has 0 aliphatic heterocycles. The zero-order valence-corrected chi connectivity index (χ0v) is 12.8. The van der Waals surface area contributed by atoms with Crippen molar-refractivity contribution in [2.24, 2.45) is 11.7 Å². The third-order valence-electron chi connectivity index (χ3n) is 4.20. The van der Waals surface area contributed by atoms with Crippen LogP contribution in [0.25, 0.3) is 0 Å². The summed E-state index contributed by atoms with van der Waals surface area (Å²) in [6, 6.07) is 3.89. The Kier molecular flexibility index (Phi) is 5.35. The largest absolute Gasteiger partial charge is 0.337 e. The molecule has 0 radical (unpaired) electrons. The first-order valence-corrected chi connectivity index (χ1v) is 7.55. The van der Waals surface area contributed by atoms with Crippen LogP contribution in [0.4, 0.5) is 0 Å². The Morgan fingerprint density at radius 1 is 1.43 bits per heavy atom. The molecule has 1 fully saturated rings. The van der Waals surface area contributed by atoms with Gasteiger partial charge in [0.25, 0.3) is 5.91 Å². The standard InChI is InChI=1S/C17H23N3O/c1-13-6-3-4-8-16(13)20(2)17(21)15-10-9-14(12-19-15)7-5-11-18/h9-10,12-13,16H,3-4,6,8,11,18H2,1-2H3. The van der Waals surface area contributed by atoms with E-state index in [4.69, 9.17) is 5.73 Å². The molecule has 1 aromatic rings. The molecule has 0 spiro atoms. The van der Waals surface area contributed by atoms with Gasteiger partial charge in [-0.15, -0.1) is 0 Å². The van der Waals surface area contributed by atoms with E-state index in [0.29, 0.717) is 24.2 Å². The predicted molar refractivity (Wildman–Crippen MR) is 83.7 cm³/mol. The number of aromatic nitrogens is 1. The number of rotatable bonds is 2. The van der Waals surface area contributed by atoms with E-state index in [1.165, 1.54) is 19.3 Å². The summed E-state index contributed by atoms with van der Waals surface area (Å²) in [4.78, 5) is 18.6. The van der Waals surface area contributed by atoms with Crippen LogP contribution in [-0.4, -0.2) is 35.4 Å². The second-order valence-corrected chi connectivity index (χ2v) is 5.68. The molecule has 1 aliphatic carbocycles. The van der Waals surface area contributed by atoms with Gasteiger partial charge in [0, 0.05) is 24.8 Å². The average Bonchev–Trinajstić information content (AvgIpc) is 2.52.